The summed E-state index contributed by atoms with van der Waals surface area (Å²) in [5.41, 5.74) is 1.37. The number of likely N-dealkylation sites (tertiary alicyclic amines) is 1. The lowest BCUT2D eigenvalue weighted by atomic mass is 10.0. The average molecular weight is 312 g/mol. The maximum absolute atomic E-state index is 4.36. The van der Waals surface area contributed by atoms with Crippen LogP contribution in [0.3, 0.4) is 0 Å². The number of aromatic nitrogens is 4. The highest BCUT2D eigenvalue weighted by molar-refractivity contribution is 5.36. The second-order valence-electron chi connectivity index (χ2n) is 6.71. The van der Waals surface area contributed by atoms with E-state index in [0.717, 1.165) is 25.5 Å². The molecule has 23 heavy (non-hydrogen) atoms. The number of piperidine rings is 1. The van der Waals surface area contributed by atoms with Crippen LogP contribution in [-0.2, 0) is 6.54 Å². The van der Waals surface area contributed by atoms with E-state index in [2.05, 4.69) is 36.4 Å². The molecule has 0 atom stereocenters. The summed E-state index contributed by atoms with van der Waals surface area (Å²) in [7, 11) is 2.14. The summed E-state index contributed by atoms with van der Waals surface area (Å²) in [6, 6.07) is 3.27. The Morgan fingerprint density at radius 1 is 1.17 bits per heavy atom. The van der Waals surface area contributed by atoms with Gasteiger partial charge in [-0.3, -0.25) is 4.90 Å². The molecule has 0 amide bonds. The van der Waals surface area contributed by atoms with Crippen molar-refractivity contribution in [1.29, 1.82) is 0 Å². The second kappa shape index (κ2) is 6.28. The first kappa shape index (κ1) is 14.6. The molecule has 2 aromatic rings. The summed E-state index contributed by atoms with van der Waals surface area (Å²) in [5.74, 6) is 1.02. The van der Waals surface area contributed by atoms with Crippen molar-refractivity contribution < 1.29 is 0 Å². The van der Waals surface area contributed by atoms with Gasteiger partial charge in [-0.2, -0.15) is 0 Å². The van der Waals surface area contributed by atoms with Crippen LogP contribution < -0.4 is 4.90 Å². The quantitative estimate of drug-likeness (QED) is 0.846. The molecule has 122 valence electrons. The Kier molecular flexibility index (Phi) is 3.99. The van der Waals surface area contributed by atoms with Crippen LogP contribution in [0.4, 0.5) is 5.82 Å². The highest BCUT2D eigenvalue weighted by atomic mass is 15.2. The number of imidazole rings is 1. The third-order valence-electron chi connectivity index (χ3n) is 5.10. The zero-order valence-electron chi connectivity index (χ0n) is 13.7. The molecule has 0 bridgehead atoms. The van der Waals surface area contributed by atoms with Crippen LogP contribution in [0.1, 0.15) is 37.4 Å². The predicted molar refractivity (Wildman–Crippen MR) is 89.2 cm³/mol. The fourth-order valence-corrected chi connectivity index (χ4v) is 3.51. The molecule has 1 aliphatic carbocycles. The fraction of sp³-hybridized carbons (Fsp3) is 0.588. The lowest BCUT2D eigenvalue weighted by Gasteiger charge is -2.37. The van der Waals surface area contributed by atoms with Crippen LogP contribution in [0.5, 0.6) is 0 Å². The molecular formula is C17H24N6. The summed E-state index contributed by atoms with van der Waals surface area (Å²) in [6.07, 6.45) is 12.5. The Morgan fingerprint density at radius 3 is 2.70 bits per heavy atom. The molecule has 1 saturated heterocycles. The second-order valence-corrected chi connectivity index (χ2v) is 6.71. The summed E-state index contributed by atoms with van der Waals surface area (Å²) in [4.78, 5) is 17.6. The molecule has 2 fully saturated rings. The van der Waals surface area contributed by atoms with Crippen molar-refractivity contribution in [2.75, 3.05) is 25.0 Å². The summed E-state index contributed by atoms with van der Waals surface area (Å²) in [5, 5.41) is 0. The minimum absolute atomic E-state index is 0.564. The van der Waals surface area contributed by atoms with E-state index in [9.17, 15) is 0 Å². The molecule has 0 spiro atoms. The third-order valence-corrected chi connectivity index (χ3v) is 5.10. The van der Waals surface area contributed by atoms with E-state index < -0.39 is 0 Å². The third kappa shape index (κ3) is 3.22. The molecule has 6 nitrogen and oxygen atoms in total. The van der Waals surface area contributed by atoms with Gasteiger partial charge >= 0.3 is 0 Å². The molecule has 4 rings (SSSR count). The average Bonchev–Trinajstić information content (AvgIpc) is 3.35. The molecule has 0 N–H and O–H groups in total. The van der Waals surface area contributed by atoms with E-state index in [0.29, 0.717) is 12.1 Å². The molecule has 6 heteroatoms. The van der Waals surface area contributed by atoms with Gasteiger partial charge in [-0.15, -0.1) is 0 Å². The van der Waals surface area contributed by atoms with E-state index in [1.165, 1.54) is 31.4 Å². The zero-order chi connectivity index (χ0) is 15.6. The predicted octanol–water partition coefficient (Wildman–Crippen LogP) is 2.11. The van der Waals surface area contributed by atoms with E-state index in [1.807, 2.05) is 24.8 Å². The van der Waals surface area contributed by atoms with Gasteiger partial charge in [0, 0.05) is 51.2 Å². The topological polar surface area (TPSA) is 50.1 Å². The van der Waals surface area contributed by atoms with Gasteiger partial charge < -0.3 is 9.47 Å². The molecule has 0 unspecified atom stereocenters. The van der Waals surface area contributed by atoms with Gasteiger partial charge in [0.15, 0.2) is 0 Å². The van der Waals surface area contributed by atoms with Crippen LogP contribution in [0.2, 0.25) is 0 Å². The Balaban J connectivity index is 1.33. The fourth-order valence-electron chi connectivity index (χ4n) is 3.51. The lowest BCUT2D eigenvalue weighted by molar-refractivity contribution is 0.199. The van der Waals surface area contributed by atoms with Gasteiger partial charge in [-0.1, -0.05) is 0 Å². The van der Waals surface area contributed by atoms with E-state index in [-0.39, 0.29) is 0 Å². The zero-order valence-corrected chi connectivity index (χ0v) is 13.7. The van der Waals surface area contributed by atoms with Crippen molar-refractivity contribution in [1.82, 2.24) is 24.4 Å². The summed E-state index contributed by atoms with van der Waals surface area (Å²) < 4.78 is 2.37. The van der Waals surface area contributed by atoms with E-state index in [4.69, 9.17) is 0 Å². The van der Waals surface area contributed by atoms with E-state index >= 15 is 0 Å². The van der Waals surface area contributed by atoms with Gasteiger partial charge in [-0.05, 0) is 31.7 Å². The van der Waals surface area contributed by atoms with Gasteiger partial charge in [0.05, 0.1) is 12.0 Å². The molecule has 3 heterocycles. The van der Waals surface area contributed by atoms with Crippen LogP contribution in [0, 0.1) is 0 Å². The number of hydrogen-bond acceptors (Lipinski definition) is 5. The van der Waals surface area contributed by atoms with Crippen molar-refractivity contribution in [3.8, 4) is 0 Å². The minimum Gasteiger partial charge on any atom is -0.356 e. The Hall–Kier alpha value is -1.95. The molecule has 2 aromatic heterocycles. The van der Waals surface area contributed by atoms with Crippen molar-refractivity contribution in [2.45, 2.75) is 44.3 Å². The number of hydrogen-bond donors (Lipinski definition) is 0. The van der Waals surface area contributed by atoms with Crippen molar-refractivity contribution >= 4 is 5.82 Å². The van der Waals surface area contributed by atoms with Crippen molar-refractivity contribution in [2.24, 2.45) is 0 Å². The molecule has 0 aromatic carbocycles. The lowest BCUT2D eigenvalue weighted by Crippen LogP contribution is -2.43. The van der Waals surface area contributed by atoms with Crippen molar-refractivity contribution in [3.63, 3.8) is 0 Å². The van der Waals surface area contributed by atoms with Crippen LogP contribution in [0.25, 0.3) is 0 Å². The van der Waals surface area contributed by atoms with Gasteiger partial charge in [0.25, 0.3) is 0 Å². The summed E-state index contributed by atoms with van der Waals surface area (Å²) >= 11 is 0. The number of nitrogens with zero attached hydrogens (tertiary/aromatic N) is 6. The van der Waals surface area contributed by atoms with Crippen molar-refractivity contribution in [3.05, 3.63) is 36.8 Å². The standard InChI is InChI=1S/C17H24N6/c1-21(17-4-7-18-12-20-17)14-5-8-22(9-6-14)11-16-10-19-13-23(16)15-2-3-15/h4,7,10,12-15H,2-3,5-6,8-9,11H2,1H3. The molecule has 2 aliphatic rings. The molecule has 1 aliphatic heterocycles. The maximum atomic E-state index is 4.36. The number of rotatable bonds is 5. The van der Waals surface area contributed by atoms with Gasteiger partial charge in [-0.25, -0.2) is 15.0 Å². The first-order valence-electron chi connectivity index (χ1n) is 8.53. The Bertz CT molecular complexity index is 628. The molecule has 0 radical (unpaired) electrons. The SMILES string of the molecule is CN(c1ccncn1)C1CCN(Cc2cncn2C2CC2)CC1. The van der Waals surface area contributed by atoms with Crippen LogP contribution in [0.15, 0.2) is 31.1 Å². The Labute approximate surface area is 137 Å². The normalized spacial score (nSPS) is 19.9. The van der Waals surface area contributed by atoms with Gasteiger partial charge in [0.1, 0.15) is 12.1 Å². The largest absolute Gasteiger partial charge is 0.356 e. The maximum Gasteiger partial charge on any atom is 0.131 e. The van der Waals surface area contributed by atoms with Crippen LogP contribution in [-0.4, -0.2) is 50.6 Å². The minimum atomic E-state index is 0.564. The molecular weight excluding hydrogens is 288 g/mol. The number of anilines is 1. The smallest absolute Gasteiger partial charge is 0.131 e. The van der Waals surface area contributed by atoms with Gasteiger partial charge in [0.2, 0.25) is 0 Å². The Morgan fingerprint density at radius 2 is 2.00 bits per heavy atom. The monoisotopic (exact) mass is 312 g/mol. The molecule has 1 saturated carbocycles. The first-order valence-corrected chi connectivity index (χ1v) is 8.53. The summed E-state index contributed by atoms with van der Waals surface area (Å²) in [6.45, 7) is 3.30. The van der Waals surface area contributed by atoms with E-state index in [1.54, 1.807) is 6.33 Å². The highest BCUT2D eigenvalue weighted by Gasteiger charge is 2.27. The highest BCUT2D eigenvalue weighted by Crippen LogP contribution is 2.36. The van der Waals surface area contributed by atoms with Crippen LogP contribution >= 0.6 is 0 Å². The first-order chi connectivity index (χ1) is 11.3.